The Hall–Kier alpha value is -0.570. The molecule has 1 aliphatic heterocycles. The number of hydrogen-bond acceptors (Lipinski definition) is 3. The SMILES string of the molecule is CC(C)C1=NOC(CN)C1. The minimum Gasteiger partial charge on any atom is -0.391 e. The van der Waals surface area contributed by atoms with Gasteiger partial charge in [0, 0.05) is 13.0 Å². The van der Waals surface area contributed by atoms with E-state index in [9.17, 15) is 0 Å². The lowest BCUT2D eigenvalue weighted by molar-refractivity contribution is 0.0918. The van der Waals surface area contributed by atoms with Crippen molar-refractivity contribution in [2.45, 2.75) is 26.4 Å². The van der Waals surface area contributed by atoms with Gasteiger partial charge in [-0.3, -0.25) is 0 Å². The number of nitrogens with zero attached hydrogens (tertiary/aromatic N) is 1. The van der Waals surface area contributed by atoms with E-state index in [-0.39, 0.29) is 6.10 Å². The van der Waals surface area contributed by atoms with Crippen LogP contribution < -0.4 is 5.73 Å². The van der Waals surface area contributed by atoms with Crippen molar-refractivity contribution in [1.29, 1.82) is 0 Å². The van der Waals surface area contributed by atoms with Gasteiger partial charge in [-0.1, -0.05) is 19.0 Å². The van der Waals surface area contributed by atoms with E-state index >= 15 is 0 Å². The van der Waals surface area contributed by atoms with Crippen molar-refractivity contribution in [3.63, 3.8) is 0 Å². The van der Waals surface area contributed by atoms with Crippen molar-refractivity contribution in [1.82, 2.24) is 0 Å². The van der Waals surface area contributed by atoms with Gasteiger partial charge in [-0.2, -0.15) is 0 Å². The molecular formula is C7H14N2O. The maximum absolute atomic E-state index is 5.40. The molecule has 1 aliphatic rings. The summed E-state index contributed by atoms with van der Waals surface area (Å²) in [6.45, 7) is 4.79. The lowest BCUT2D eigenvalue weighted by Crippen LogP contribution is -2.20. The van der Waals surface area contributed by atoms with E-state index in [0.29, 0.717) is 12.5 Å². The van der Waals surface area contributed by atoms with Gasteiger partial charge in [0.1, 0.15) is 6.10 Å². The second-order valence-corrected chi connectivity index (χ2v) is 2.90. The van der Waals surface area contributed by atoms with Crippen LogP contribution >= 0.6 is 0 Å². The Balaban J connectivity index is 2.39. The first-order valence-electron chi connectivity index (χ1n) is 3.66. The molecule has 0 spiro atoms. The molecule has 0 aromatic heterocycles. The first-order valence-corrected chi connectivity index (χ1v) is 3.66. The van der Waals surface area contributed by atoms with E-state index in [1.54, 1.807) is 0 Å². The summed E-state index contributed by atoms with van der Waals surface area (Å²) < 4.78 is 0. The van der Waals surface area contributed by atoms with Crippen LogP contribution in [-0.4, -0.2) is 18.4 Å². The first-order chi connectivity index (χ1) is 4.74. The molecule has 0 fully saturated rings. The van der Waals surface area contributed by atoms with Gasteiger partial charge in [0.05, 0.1) is 5.71 Å². The molecule has 1 heterocycles. The van der Waals surface area contributed by atoms with Crippen molar-refractivity contribution in [2.75, 3.05) is 6.54 Å². The summed E-state index contributed by atoms with van der Waals surface area (Å²) in [7, 11) is 0. The molecule has 1 atom stereocenters. The second-order valence-electron chi connectivity index (χ2n) is 2.90. The molecule has 0 saturated heterocycles. The predicted octanol–water partition coefficient (Wildman–Crippen LogP) is 0.746. The van der Waals surface area contributed by atoms with Crippen molar-refractivity contribution in [2.24, 2.45) is 16.8 Å². The van der Waals surface area contributed by atoms with Crippen molar-refractivity contribution >= 4 is 5.71 Å². The van der Waals surface area contributed by atoms with Gasteiger partial charge < -0.3 is 10.6 Å². The summed E-state index contributed by atoms with van der Waals surface area (Å²) in [6, 6.07) is 0. The fraction of sp³-hybridized carbons (Fsp3) is 0.857. The molecule has 1 rings (SSSR count). The van der Waals surface area contributed by atoms with Crippen molar-refractivity contribution in [3.8, 4) is 0 Å². The highest BCUT2D eigenvalue weighted by molar-refractivity contribution is 5.87. The molecule has 2 N–H and O–H groups in total. The number of oxime groups is 1. The summed E-state index contributed by atoms with van der Waals surface area (Å²) in [5.74, 6) is 0.497. The third-order valence-electron chi connectivity index (χ3n) is 1.69. The fourth-order valence-electron chi connectivity index (χ4n) is 0.918. The van der Waals surface area contributed by atoms with Crippen LogP contribution in [0, 0.1) is 5.92 Å². The lowest BCUT2D eigenvalue weighted by Gasteiger charge is -2.03. The van der Waals surface area contributed by atoms with Gasteiger partial charge in [-0.15, -0.1) is 0 Å². The van der Waals surface area contributed by atoms with E-state index < -0.39 is 0 Å². The molecular weight excluding hydrogens is 128 g/mol. The van der Waals surface area contributed by atoms with Crippen LogP contribution in [0.1, 0.15) is 20.3 Å². The molecule has 0 saturated carbocycles. The second kappa shape index (κ2) is 3.01. The number of nitrogens with two attached hydrogens (primary N) is 1. The van der Waals surface area contributed by atoms with Gasteiger partial charge in [0.25, 0.3) is 0 Å². The summed E-state index contributed by atoms with van der Waals surface area (Å²) in [6.07, 6.45) is 1.05. The molecule has 1 unspecified atom stereocenters. The van der Waals surface area contributed by atoms with E-state index in [1.165, 1.54) is 0 Å². The van der Waals surface area contributed by atoms with Gasteiger partial charge in [-0.05, 0) is 5.92 Å². The minimum atomic E-state index is 0.136. The standard InChI is InChI=1S/C7H14N2O/c1-5(2)7-3-6(4-8)10-9-7/h5-6H,3-4,8H2,1-2H3. The highest BCUT2D eigenvalue weighted by Crippen LogP contribution is 2.14. The monoisotopic (exact) mass is 142 g/mol. The van der Waals surface area contributed by atoms with E-state index in [0.717, 1.165) is 12.1 Å². The van der Waals surface area contributed by atoms with E-state index in [4.69, 9.17) is 10.6 Å². The zero-order valence-electron chi connectivity index (χ0n) is 6.50. The molecule has 0 radical (unpaired) electrons. The Labute approximate surface area is 61.2 Å². The van der Waals surface area contributed by atoms with Crippen LogP contribution in [0.15, 0.2) is 5.16 Å². The zero-order valence-corrected chi connectivity index (χ0v) is 6.50. The maximum Gasteiger partial charge on any atom is 0.145 e. The van der Waals surface area contributed by atoms with Gasteiger partial charge in [0.2, 0.25) is 0 Å². The largest absolute Gasteiger partial charge is 0.391 e. The molecule has 0 bridgehead atoms. The third kappa shape index (κ3) is 1.48. The molecule has 3 heteroatoms. The summed E-state index contributed by atoms with van der Waals surface area (Å²) in [5, 5.41) is 3.92. The average Bonchev–Trinajstić information content (AvgIpc) is 2.34. The first kappa shape index (κ1) is 7.54. The highest BCUT2D eigenvalue weighted by Gasteiger charge is 2.20. The summed E-state index contributed by atoms with van der Waals surface area (Å²) in [4.78, 5) is 5.04. The molecule has 0 aromatic carbocycles. The predicted molar refractivity (Wildman–Crippen MR) is 40.8 cm³/mol. The van der Waals surface area contributed by atoms with Crippen LogP contribution in [0.5, 0.6) is 0 Å². The van der Waals surface area contributed by atoms with Gasteiger partial charge in [-0.25, -0.2) is 0 Å². The Morgan fingerprint density at radius 2 is 2.50 bits per heavy atom. The maximum atomic E-state index is 5.40. The van der Waals surface area contributed by atoms with Crippen LogP contribution in [0.4, 0.5) is 0 Å². The minimum absolute atomic E-state index is 0.136. The highest BCUT2D eigenvalue weighted by atomic mass is 16.6. The van der Waals surface area contributed by atoms with Gasteiger partial charge in [0.15, 0.2) is 0 Å². The van der Waals surface area contributed by atoms with Crippen LogP contribution in [0.3, 0.4) is 0 Å². The summed E-state index contributed by atoms with van der Waals surface area (Å²) in [5.41, 5.74) is 6.53. The summed E-state index contributed by atoms with van der Waals surface area (Å²) >= 11 is 0. The molecule has 3 nitrogen and oxygen atoms in total. The van der Waals surface area contributed by atoms with Crippen LogP contribution in [0.2, 0.25) is 0 Å². The Bertz CT molecular complexity index is 143. The zero-order chi connectivity index (χ0) is 7.56. The average molecular weight is 142 g/mol. The molecule has 58 valence electrons. The Morgan fingerprint density at radius 1 is 1.80 bits per heavy atom. The number of rotatable bonds is 2. The normalized spacial score (nSPS) is 24.8. The van der Waals surface area contributed by atoms with Gasteiger partial charge >= 0.3 is 0 Å². The molecule has 0 aliphatic carbocycles. The fourth-order valence-corrected chi connectivity index (χ4v) is 0.918. The molecule has 0 amide bonds. The number of hydrogen-bond donors (Lipinski definition) is 1. The molecule has 0 aromatic rings. The van der Waals surface area contributed by atoms with Crippen molar-refractivity contribution in [3.05, 3.63) is 0 Å². The van der Waals surface area contributed by atoms with E-state index in [2.05, 4.69) is 19.0 Å². The van der Waals surface area contributed by atoms with Crippen LogP contribution in [-0.2, 0) is 4.84 Å². The topological polar surface area (TPSA) is 47.6 Å². The van der Waals surface area contributed by atoms with Crippen LogP contribution in [0.25, 0.3) is 0 Å². The third-order valence-corrected chi connectivity index (χ3v) is 1.69. The molecule has 10 heavy (non-hydrogen) atoms. The Kier molecular flexibility index (Phi) is 2.27. The quantitative estimate of drug-likeness (QED) is 0.618. The smallest absolute Gasteiger partial charge is 0.145 e. The van der Waals surface area contributed by atoms with Crippen molar-refractivity contribution < 1.29 is 4.84 Å². The lowest BCUT2D eigenvalue weighted by atomic mass is 10.0. The Morgan fingerprint density at radius 3 is 2.80 bits per heavy atom. The van der Waals surface area contributed by atoms with E-state index in [1.807, 2.05) is 0 Å².